The van der Waals surface area contributed by atoms with Crippen molar-refractivity contribution >= 4 is 35.6 Å². The van der Waals surface area contributed by atoms with E-state index in [1.165, 1.54) is 18.2 Å². The zero-order chi connectivity index (χ0) is 23.3. The van der Waals surface area contributed by atoms with Crippen molar-refractivity contribution in [2.24, 2.45) is 5.73 Å². The number of hydrogen-bond acceptors (Lipinski definition) is 7. The summed E-state index contributed by atoms with van der Waals surface area (Å²) in [6.45, 7) is 0.682. The molecule has 1 aromatic rings. The van der Waals surface area contributed by atoms with Gasteiger partial charge in [-0.15, -0.1) is 0 Å². The van der Waals surface area contributed by atoms with Gasteiger partial charge in [-0.25, -0.2) is 4.79 Å². The quantitative estimate of drug-likeness (QED) is 0.368. The maximum Gasteiger partial charge on any atom is 0.404 e. The molecule has 6 amide bonds. The Kier molecular flexibility index (Phi) is 7.18. The predicted octanol–water partition coefficient (Wildman–Crippen LogP) is 0.473. The van der Waals surface area contributed by atoms with Crippen molar-refractivity contribution in [3.63, 3.8) is 0 Å². The van der Waals surface area contributed by atoms with Gasteiger partial charge in [0.1, 0.15) is 6.04 Å². The van der Waals surface area contributed by atoms with Gasteiger partial charge in [0.2, 0.25) is 11.8 Å². The molecule has 1 fully saturated rings. The number of nitrogens with two attached hydrogens (primary N) is 1. The van der Waals surface area contributed by atoms with Crippen LogP contribution in [0.25, 0.3) is 0 Å². The number of amides is 6. The van der Waals surface area contributed by atoms with Gasteiger partial charge >= 0.3 is 6.09 Å². The monoisotopic (exact) mass is 444 g/mol. The largest absolute Gasteiger partial charge is 0.450 e. The molecule has 1 unspecified atom stereocenters. The zero-order valence-electron chi connectivity index (χ0n) is 17.3. The van der Waals surface area contributed by atoms with E-state index < -0.39 is 35.8 Å². The fourth-order valence-corrected chi connectivity index (χ4v) is 3.67. The number of nitrogens with one attached hydrogen (secondary N) is 2. The van der Waals surface area contributed by atoms with Crippen LogP contribution < -0.4 is 16.4 Å². The Morgan fingerprint density at radius 2 is 1.78 bits per heavy atom. The molecule has 3 rings (SSSR count). The van der Waals surface area contributed by atoms with E-state index in [1.54, 1.807) is 0 Å². The van der Waals surface area contributed by atoms with E-state index in [-0.39, 0.29) is 42.0 Å². The Bertz CT molecular complexity index is 975. The highest BCUT2D eigenvalue weighted by Crippen LogP contribution is 2.28. The van der Waals surface area contributed by atoms with E-state index >= 15 is 0 Å². The topological polar surface area (TPSA) is 165 Å². The van der Waals surface area contributed by atoms with E-state index in [4.69, 9.17) is 5.73 Å². The molecular formula is C21H24N4O7. The third kappa shape index (κ3) is 5.10. The normalized spacial score (nSPS) is 17.8. The number of fused-ring (bicyclic) bond motifs is 1. The summed E-state index contributed by atoms with van der Waals surface area (Å²) in [4.78, 5) is 72.7. The number of unbranched alkanes of at least 4 members (excludes halogenated alkanes) is 3. The molecule has 0 bridgehead atoms. The molecule has 0 spiro atoms. The number of imide groups is 2. The van der Waals surface area contributed by atoms with E-state index in [2.05, 4.69) is 15.4 Å². The first-order valence-corrected chi connectivity index (χ1v) is 10.4. The standard InChI is InChI=1S/C21H24N4O7/c22-21(31)32-10-4-2-1-3-9-23-17(27)12-5-6-13-14(11-12)20(30)25(19(13)29)15-7-8-16(26)24-18(15)28/h5-6,11,15H,1-4,7-10H2,(H2,22,31)(H,23,27)(H,24,26,28). The lowest BCUT2D eigenvalue weighted by molar-refractivity contribution is -0.136. The third-order valence-electron chi connectivity index (χ3n) is 5.30. The lowest BCUT2D eigenvalue weighted by Crippen LogP contribution is -2.54. The van der Waals surface area contributed by atoms with Gasteiger partial charge in [0.05, 0.1) is 17.7 Å². The second kappa shape index (κ2) is 10.0. The second-order valence-electron chi connectivity index (χ2n) is 7.55. The van der Waals surface area contributed by atoms with Crippen molar-refractivity contribution in [1.29, 1.82) is 0 Å². The molecule has 0 radical (unpaired) electrons. The summed E-state index contributed by atoms with van der Waals surface area (Å²) in [7, 11) is 0. The summed E-state index contributed by atoms with van der Waals surface area (Å²) in [5, 5.41) is 4.89. The Hall–Kier alpha value is -3.76. The lowest BCUT2D eigenvalue weighted by atomic mass is 10.0. The van der Waals surface area contributed by atoms with Gasteiger partial charge in [0.15, 0.2) is 0 Å². The maximum atomic E-state index is 12.8. The summed E-state index contributed by atoms with van der Waals surface area (Å²) < 4.78 is 4.63. The van der Waals surface area contributed by atoms with Crippen molar-refractivity contribution in [1.82, 2.24) is 15.5 Å². The number of carbonyl (C=O) groups is 6. The van der Waals surface area contributed by atoms with Gasteiger partial charge in [0.25, 0.3) is 17.7 Å². The Morgan fingerprint density at radius 3 is 2.50 bits per heavy atom. The van der Waals surface area contributed by atoms with E-state index in [1.807, 2.05) is 0 Å². The second-order valence-corrected chi connectivity index (χ2v) is 7.55. The number of nitrogens with zero attached hydrogens (tertiary/aromatic N) is 1. The summed E-state index contributed by atoms with van der Waals surface area (Å²) in [5.74, 6) is -2.79. The summed E-state index contributed by atoms with van der Waals surface area (Å²) >= 11 is 0. The number of carbonyl (C=O) groups excluding carboxylic acids is 6. The van der Waals surface area contributed by atoms with Gasteiger partial charge in [-0.05, 0) is 43.9 Å². The van der Waals surface area contributed by atoms with Crippen LogP contribution in [0, 0.1) is 0 Å². The van der Waals surface area contributed by atoms with Gasteiger partial charge in [-0.3, -0.25) is 34.2 Å². The Morgan fingerprint density at radius 1 is 1.06 bits per heavy atom. The number of piperidine rings is 1. The number of primary amides is 1. The van der Waals surface area contributed by atoms with Crippen LogP contribution in [-0.2, 0) is 14.3 Å². The first-order chi connectivity index (χ1) is 15.3. The van der Waals surface area contributed by atoms with Crippen LogP contribution in [0.1, 0.15) is 69.6 Å². The first-order valence-electron chi connectivity index (χ1n) is 10.4. The van der Waals surface area contributed by atoms with Crippen LogP contribution >= 0.6 is 0 Å². The van der Waals surface area contributed by atoms with Crippen LogP contribution in [0.4, 0.5) is 4.79 Å². The average Bonchev–Trinajstić information content (AvgIpc) is 2.99. The minimum absolute atomic E-state index is 0.0373. The maximum absolute atomic E-state index is 12.8. The summed E-state index contributed by atoms with van der Waals surface area (Å²) in [6, 6.07) is 3.15. The number of benzene rings is 1. The minimum Gasteiger partial charge on any atom is -0.450 e. The number of rotatable bonds is 9. The number of ether oxygens (including phenoxy) is 1. The molecule has 0 aromatic heterocycles. The molecule has 1 atom stereocenters. The fraction of sp³-hybridized carbons (Fsp3) is 0.429. The smallest absolute Gasteiger partial charge is 0.404 e. The Labute approximate surface area is 183 Å². The van der Waals surface area contributed by atoms with Crippen LogP contribution in [0.5, 0.6) is 0 Å². The molecule has 170 valence electrons. The first kappa shape index (κ1) is 22.9. The third-order valence-corrected chi connectivity index (χ3v) is 5.30. The molecule has 1 aromatic carbocycles. The number of hydrogen-bond donors (Lipinski definition) is 3. The molecule has 11 nitrogen and oxygen atoms in total. The molecule has 11 heteroatoms. The highest BCUT2D eigenvalue weighted by atomic mass is 16.5. The predicted molar refractivity (Wildman–Crippen MR) is 109 cm³/mol. The minimum atomic E-state index is -1.05. The van der Waals surface area contributed by atoms with Crippen molar-refractivity contribution in [2.45, 2.75) is 44.6 Å². The van der Waals surface area contributed by atoms with E-state index in [0.29, 0.717) is 19.4 Å². The van der Waals surface area contributed by atoms with E-state index in [0.717, 1.165) is 17.7 Å². The molecule has 1 saturated heterocycles. The molecule has 2 aliphatic heterocycles. The summed E-state index contributed by atoms with van der Waals surface area (Å²) in [6.07, 6.45) is 2.34. The van der Waals surface area contributed by atoms with Crippen LogP contribution in [0.3, 0.4) is 0 Å². The molecule has 2 aliphatic rings. The van der Waals surface area contributed by atoms with Crippen molar-refractivity contribution in [3.05, 3.63) is 34.9 Å². The van der Waals surface area contributed by atoms with Crippen LogP contribution in [-0.4, -0.2) is 59.7 Å². The van der Waals surface area contributed by atoms with Gasteiger partial charge in [-0.2, -0.15) is 0 Å². The highest BCUT2D eigenvalue weighted by Gasteiger charge is 2.44. The molecule has 32 heavy (non-hydrogen) atoms. The molecular weight excluding hydrogens is 420 g/mol. The fourth-order valence-electron chi connectivity index (χ4n) is 3.67. The van der Waals surface area contributed by atoms with Gasteiger partial charge in [-0.1, -0.05) is 6.42 Å². The SMILES string of the molecule is NC(=O)OCCCCCCNC(=O)c1ccc2c(c1)C(=O)N(C1CCC(=O)NC1=O)C2=O. The highest BCUT2D eigenvalue weighted by molar-refractivity contribution is 6.24. The van der Waals surface area contributed by atoms with Crippen LogP contribution in [0.2, 0.25) is 0 Å². The van der Waals surface area contributed by atoms with Crippen molar-refractivity contribution < 1.29 is 33.5 Å². The summed E-state index contributed by atoms with van der Waals surface area (Å²) in [5.41, 5.74) is 5.27. The average molecular weight is 444 g/mol. The molecule has 0 aliphatic carbocycles. The van der Waals surface area contributed by atoms with Crippen molar-refractivity contribution in [2.75, 3.05) is 13.2 Å². The van der Waals surface area contributed by atoms with Crippen LogP contribution in [0.15, 0.2) is 18.2 Å². The van der Waals surface area contributed by atoms with E-state index in [9.17, 15) is 28.8 Å². The molecule has 0 saturated carbocycles. The zero-order valence-corrected chi connectivity index (χ0v) is 17.3. The van der Waals surface area contributed by atoms with Gasteiger partial charge < -0.3 is 15.8 Å². The molecule has 2 heterocycles. The Balaban J connectivity index is 1.54. The molecule has 4 N–H and O–H groups in total. The van der Waals surface area contributed by atoms with Crippen molar-refractivity contribution in [3.8, 4) is 0 Å². The van der Waals surface area contributed by atoms with Gasteiger partial charge in [0, 0.05) is 18.5 Å². The lowest BCUT2D eigenvalue weighted by Gasteiger charge is -2.27.